The van der Waals surface area contributed by atoms with E-state index in [4.69, 9.17) is 21.1 Å². The first-order valence-electron chi connectivity index (χ1n) is 11.9. The molecule has 0 spiro atoms. The molecule has 3 saturated carbocycles. The van der Waals surface area contributed by atoms with Gasteiger partial charge in [0, 0.05) is 37.3 Å². The molecule has 3 fully saturated rings. The minimum Gasteiger partial charge on any atom is -0.458 e. The molecule has 0 aromatic carbocycles. The molecule has 0 bridgehead atoms. The molecule has 0 amide bonds. The summed E-state index contributed by atoms with van der Waals surface area (Å²) in [5, 5.41) is 11.0. The number of halogens is 1. The predicted octanol–water partition coefficient (Wildman–Crippen LogP) is 4.06. The SMILES string of the molecule is CC(=O)OC1C(OC(C)=O)C2CC(O)CC[C@]2(C)C2CCC3c4nc(Cl)ccc4CC3C12. The van der Waals surface area contributed by atoms with Crippen LogP contribution < -0.4 is 0 Å². The van der Waals surface area contributed by atoms with Gasteiger partial charge in [-0.05, 0) is 67.4 Å². The fraction of sp³-hybridized carbons (Fsp3) is 0.720. The van der Waals surface area contributed by atoms with Crippen LogP contribution in [0.5, 0.6) is 0 Å². The quantitative estimate of drug-likeness (QED) is 0.528. The standard InChI is InChI=1S/C25H32ClNO5/c1-12(28)31-23-19-11-15(30)8-9-25(19,3)18-6-5-16-17(21(18)24(23)32-13(2)29)10-14-4-7-20(26)27-22(14)16/h4,7,15-19,21,23-24,30H,5-6,8-11H2,1-3H3/t15?,16?,17?,18?,19?,21?,23?,24?,25-/m1/s1. The van der Waals surface area contributed by atoms with Crippen molar-refractivity contribution in [2.24, 2.45) is 29.1 Å². The molecule has 6 nitrogen and oxygen atoms in total. The maximum Gasteiger partial charge on any atom is 0.303 e. The highest BCUT2D eigenvalue weighted by atomic mass is 35.5. The number of aliphatic hydroxyl groups is 1. The zero-order valence-electron chi connectivity index (χ0n) is 18.9. The summed E-state index contributed by atoms with van der Waals surface area (Å²) in [6, 6.07) is 3.92. The molecular weight excluding hydrogens is 430 g/mol. The van der Waals surface area contributed by atoms with Gasteiger partial charge in [0.1, 0.15) is 17.4 Å². The Balaban J connectivity index is 1.59. The molecule has 4 aliphatic rings. The second-order valence-electron chi connectivity index (χ2n) is 10.6. The Hall–Kier alpha value is -1.66. The van der Waals surface area contributed by atoms with Crippen LogP contribution in [0.15, 0.2) is 12.1 Å². The summed E-state index contributed by atoms with van der Waals surface area (Å²) < 4.78 is 11.9. The molecule has 174 valence electrons. The van der Waals surface area contributed by atoms with Crippen molar-refractivity contribution in [1.29, 1.82) is 0 Å². The first kappa shape index (κ1) is 22.1. The van der Waals surface area contributed by atoms with Crippen LogP contribution >= 0.6 is 11.6 Å². The number of hydrogen-bond acceptors (Lipinski definition) is 6. The number of aromatic nitrogens is 1. The normalized spacial score (nSPS) is 42.2. The maximum absolute atomic E-state index is 12.2. The zero-order chi connectivity index (χ0) is 22.8. The molecule has 0 radical (unpaired) electrons. The zero-order valence-corrected chi connectivity index (χ0v) is 19.7. The van der Waals surface area contributed by atoms with E-state index in [2.05, 4.69) is 18.0 Å². The van der Waals surface area contributed by atoms with Crippen LogP contribution in [0.4, 0.5) is 0 Å². The Kier molecular flexibility index (Phi) is 5.52. The van der Waals surface area contributed by atoms with Crippen molar-refractivity contribution >= 4 is 23.5 Å². The highest BCUT2D eigenvalue weighted by Crippen LogP contribution is 2.64. The van der Waals surface area contributed by atoms with Gasteiger partial charge in [0.05, 0.1) is 6.10 Å². The van der Waals surface area contributed by atoms with Gasteiger partial charge in [-0.2, -0.15) is 0 Å². The highest BCUT2D eigenvalue weighted by Gasteiger charge is 2.64. The van der Waals surface area contributed by atoms with Crippen LogP contribution in [0.2, 0.25) is 5.15 Å². The van der Waals surface area contributed by atoms with Gasteiger partial charge in [0.25, 0.3) is 0 Å². The monoisotopic (exact) mass is 461 g/mol. The molecule has 1 aromatic heterocycles. The molecule has 1 N–H and O–H groups in total. The molecule has 9 atom stereocenters. The Morgan fingerprint density at radius 1 is 1.09 bits per heavy atom. The Morgan fingerprint density at radius 3 is 2.53 bits per heavy atom. The van der Waals surface area contributed by atoms with Gasteiger partial charge in [-0.3, -0.25) is 9.59 Å². The number of esters is 2. The van der Waals surface area contributed by atoms with E-state index in [0.29, 0.717) is 17.5 Å². The van der Waals surface area contributed by atoms with Crippen molar-refractivity contribution in [2.45, 2.75) is 83.5 Å². The summed E-state index contributed by atoms with van der Waals surface area (Å²) in [5.74, 6) is 0.188. The lowest BCUT2D eigenvalue weighted by atomic mass is 9.45. The third-order valence-electron chi connectivity index (χ3n) is 8.99. The van der Waals surface area contributed by atoms with Crippen molar-refractivity contribution in [3.05, 3.63) is 28.5 Å². The Morgan fingerprint density at radius 2 is 1.81 bits per heavy atom. The molecule has 1 aromatic rings. The minimum absolute atomic E-state index is 0.0337. The van der Waals surface area contributed by atoms with Gasteiger partial charge in [-0.15, -0.1) is 0 Å². The minimum atomic E-state index is -0.545. The molecule has 8 unspecified atom stereocenters. The van der Waals surface area contributed by atoms with Gasteiger partial charge in [0.2, 0.25) is 0 Å². The third kappa shape index (κ3) is 3.45. The summed E-state index contributed by atoms with van der Waals surface area (Å²) in [6.07, 6.45) is 3.65. The number of carbonyl (C=O) groups excluding carboxylic acids is 2. The Bertz CT molecular complexity index is 937. The average molecular weight is 462 g/mol. The number of fused-ring (bicyclic) bond motifs is 7. The van der Waals surface area contributed by atoms with Crippen molar-refractivity contribution in [3.8, 4) is 0 Å². The molecule has 7 heteroatoms. The van der Waals surface area contributed by atoms with E-state index in [9.17, 15) is 14.7 Å². The molecule has 4 aliphatic carbocycles. The van der Waals surface area contributed by atoms with E-state index in [-0.39, 0.29) is 41.0 Å². The van der Waals surface area contributed by atoms with Gasteiger partial charge in [-0.25, -0.2) is 4.98 Å². The summed E-state index contributed by atoms with van der Waals surface area (Å²) in [6.45, 7) is 5.14. The second kappa shape index (κ2) is 7.98. The summed E-state index contributed by atoms with van der Waals surface area (Å²) in [5.41, 5.74) is 2.23. The number of rotatable bonds is 2. The fourth-order valence-electron chi connectivity index (χ4n) is 7.86. The first-order valence-corrected chi connectivity index (χ1v) is 12.2. The molecule has 0 saturated heterocycles. The molecule has 1 heterocycles. The number of nitrogens with zero attached hydrogens (tertiary/aromatic N) is 1. The van der Waals surface area contributed by atoms with E-state index < -0.39 is 18.3 Å². The van der Waals surface area contributed by atoms with E-state index in [0.717, 1.165) is 37.8 Å². The topological polar surface area (TPSA) is 85.7 Å². The molecule has 0 aliphatic heterocycles. The van der Waals surface area contributed by atoms with Crippen molar-refractivity contribution in [1.82, 2.24) is 4.98 Å². The third-order valence-corrected chi connectivity index (χ3v) is 9.20. The van der Waals surface area contributed by atoms with E-state index in [1.165, 1.54) is 19.4 Å². The molecule has 5 rings (SSSR count). The molecule has 32 heavy (non-hydrogen) atoms. The van der Waals surface area contributed by atoms with Crippen LogP contribution in [0.3, 0.4) is 0 Å². The van der Waals surface area contributed by atoms with Crippen LogP contribution in [0, 0.1) is 29.1 Å². The lowest BCUT2D eigenvalue weighted by Crippen LogP contribution is -2.64. The fourth-order valence-corrected chi connectivity index (χ4v) is 8.01. The number of carbonyl (C=O) groups is 2. The summed E-state index contributed by atoms with van der Waals surface area (Å²) in [7, 11) is 0. The lowest BCUT2D eigenvalue weighted by Gasteiger charge is -2.62. The van der Waals surface area contributed by atoms with Crippen molar-refractivity contribution in [3.63, 3.8) is 0 Å². The summed E-state index contributed by atoms with van der Waals surface area (Å²) >= 11 is 6.24. The smallest absolute Gasteiger partial charge is 0.303 e. The van der Waals surface area contributed by atoms with Crippen molar-refractivity contribution in [2.75, 3.05) is 0 Å². The maximum atomic E-state index is 12.2. The van der Waals surface area contributed by atoms with Crippen molar-refractivity contribution < 1.29 is 24.2 Å². The second-order valence-corrected chi connectivity index (χ2v) is 11.0. The number of pyridine rings is 1. The van der Waals surface area contributed by atoms with Crippen LogP contribution in [0.25, 0.3) is 0 Å². The molecular formula is C25H32ClNO5. The van der Waals surface area contributed by atoms with Crippen LogP contribution in [-0.2, 0) is 25.5 Å². The van der Waals surface area contributed by atoms with E-state index in [1.807, 2.05) is 6.07 Å². The van der Waals surface area contributed by atoms with Gasteiger partial charge >= 0.3 is 11.9 Å². The highest BCUT2D eigenvalue weighted by molar-refractivity contribution is 6.29. The van der Waals surface area contributed by atoms with E-state index in [1.54, 1.807) is 0 Å². The lowest BCUT2D eigenvalue weighted by molar-refractivity contribution is -0.232. The number of aliphatic hydroxyl groups excluding tert-OH is 1. The van der Waals surface area contributed by atoms with Gasteiger partial charge in [-0.1, -0.05) is 24.6 Å². The van der Waals surface area contributed by atoms with E-state index >= 15 is 0 Å². The van der Waals surface area contributed by atoms with Crippen LogP contribution in [0.1, 0.15) is 70.1 Å². The number of ether oxygens (including phenoxy) is 2. The summed E-state index contributed by atoms with van der Waals surface area (Å²) in [4.78, 5) is 29.1. The van der Waals surface area contributed by atoms with Gasteiger partial charge < -0.3 is 14.6 Å². The van der Waals surface area contributed by atoms with Gasteiger partial charge in [0.15, 0.2) is 0 Å². The Labute approximate surface area is 194 Å². The van der Waals surface area contributed by atoms with Crippen LogP contribution in [-0.4, -0.2) is 40.3 Å². The average Bonchev–Trinajstić information content (AvgIpc) is 3.09. The number of hydrogen-bond donors (Lipinski definition) is 1. The first-order chi connectivity index (χ1) is 15.2. The largest absolute Gasteiger partial charge is 0.458 e. The predicted molar refractivity (Wildman–Crippen MR) is 118 cm³/mol.